The van der Waals surface area contributed by atoms with E-state index >= 15 is 0 Å². The van der Waals surface area contributed by atoms with Gasteiger partial charge in [-0.15, -0.1) is 0 Å². The van der Waals surface area contributed by atoms with E-state index in [1.807, 2.05) is 30.3 Å². The summed E-state index contributed by atoms with van der Waals surface area (Å²) in [6.07, 6.45) is -2.35. The SMILES string of the molecule is O=C(O[C@H]1CCCC[C@@H]1[Se]c1ccccc1)C(F)(F)F. The van der Waals surface area contributed by atoms with Gasteiger partial charge < -0.3 is 0 Å². The number of carbonyl (C=O) groups excluding carboxylic acids is 1. The second-order valence-corrected chi connectivity index (χ2v) is 7.45. The molecule has 1 aromatic rings. The Morgan fingerprint density at radius 3 is 2.45 bits per heavy atom. The molecule has 1 fully saturated rings. The van der Waals surface area contributed by atoms with Gasteiger partial charge in [0.15, 0.2) is 0 Å². The van der Waals surface area contributed by atoms with Crippen molar-refractivity contribution in [2.45, 2.75) is 42.8 Å². The van der Waals surface area contributed by atoms with Gasteiger partial charge in [0.25, 0.3) is 0 Å². The molecule has 0 bridgehead atoms. The van der Waals surface area contributed by atoms with Crippen molar-refractivity contribution in [1.29, 1.82) is 0 Å². The Hall–Kier alpha value is -1.00. The minimum atomic E-state index is -4.90. The summed E-state index contributed by atoms with van der Waals surface area (Å²) in [6, 6.07) is 9.67. The van der Waals surface area contributed by atoms with Crippen molar-refractivity contribution in [3.63, 3.8) is 0 Å². The van der Waals surface area contributed by atoms with Crippen LogP contribution in [0.3, 0.4) is 0 Å². The van der Waals surface area contributed by atoms with Crippen molar-refractivity contribution in [2.24, 2.45) is 0 Å². The molecule has 2 rings (SSSR count). The molecule has 110 valence electrons. The van der Waals surface area contributed by atoms with E-state index in [-0.39, 0.29) is 19.8 Å². The molecule has 1 aliphatic carbocycles. The van der Waals surface area contributed by atoms with Crippen LogP contribution in [0.15, 0.2) is 30.3 Å². The van der Waals surface area contributed by atoms with Gasteiger partial charge in [-0.2, -0.15) is 0 Å². The van der Waals surface area contributed by atoms with Crippen LogP contribution < -0.4 is 4.46 Å². The van der Waals surface area contributed by atoms with Crippen LogP contribution in [0.25, 0.3) is 0 Å². The summed E-state index contributed by atoms with van der Waals surface area (Å²) in [5.41, 5.74) is 0. The number of ether oxygens (including phenoxy) is 1. The Morgan fingerprint density at radius 2 is 1.80 bits per heavy atom. The van der Waals surface area contributed by atoms with Crippen molar-refractivity contribution in [3.05, 3.63) is 30.3 Å². The summed E-state index contributed by atoms with van der Waals surface area (Å²) in [5, 5.41) is 0. The van der Waals surface area contributed by atoms with Crippen molar-refractivity contribution in [1.82, 2.24) is 0 Å². The van der Waals surface area contributed by atoms with Crippen LogP contribution in [-0.4, -0.2) is 33.2 Å². The fourth-order valence-electron chi connectivity index (χ4n) is 2.21. The third-order valence-electron chi connectivity index (χ3n) is 3.16. The molecule has 2 nitrogen and oxygen atoms in total. The molecule has 0 amide bonds. The number of halogens is 3. The van der Waals surface area contributed by atoms with Gasteiger partial charge in [-0.3, -0.25) is 0 Å². The first-order chi connectivity index (χ1) is 9.47. The Labute approximate surface area is 121 Å². The molecule has 0 saturated heterocycles. The monoisotopic (exact) mass is 352 g/mol. The maximum atomic E-state index is 12.3. The zero-order valence-electron chi connectivity index (χ0n) is 10.7. The number of carbonyl (C=O) groups is 1. The van der Waals surface area contributed by atoms with Crippen LogP contribution in [0.2, 0.25) is 4.82 Å². The second-order valence-electron chi connectivity index (χ2n) is 4.70. The third-order valence-corrected chi connectivity index (χ3v) is 6.07. The molecule has 0 unspecified atom stereocenters. The molecule has 0 N–H and O–H groups in total. The summed E-state index contributed by atoms with van der Waals surface area (Å²) in [6.45, 7) is 0. The molecule has 0 heterocycles. The Kier molecular flexibility index (Phi) is 5.11. The summed E-state index contributed by atoms with van der Waals surface area (Å²) < 4.78 is 42.7. The first-order valence-corrected chi connectivity index (χ1v) is 8.31. The van der Waals surface area contributed by atoms with Gasteiger partial charge in [0.2, 0.25) is 0 Å². The van der Waals surface area contributed by atoms with E-state index in [2.05, 4.69) is 0 Å². The fourth-order valence-corrected chi connectivity index (χ4v) is 4.92. The molecular weight excluding hydrogens is 336 g/mol. The number of alkyl halides is 3. The summed E-state index contributed by atoms with van der Waals surface area (Å²) in [5.74, 6) is -2.06. The first kappa shape index (κ1) is 15.4. The zero-order valence-corrected chi connectivity index (χ0v) is 12.4. The van der Waals surface area contributed by atoms with E-state index in [4.69, 9.17) is 4.74 Å². The Balaban J connectivity index is 2.00. The van der Waals surface area contributed by atoms with Gasteiger partial charge in [-0.25, -0.2) is 0 Å². The van der Waals surface area contributed by atoms with Crippen LogP contribution in [0.4, 0.5) is 13.2 Å². The number of rotatable bonds is 3. The molecule has 1 aromatic carbocycles. The van der Waals surface area contributed by atoms with Crippen LogP contribution >= 0.6 is 0 Å². The molecular formula is C14H15F3O2Se. The van der Waals surface area contributed by atoms with Crippen LogP contribution in [-0.2, 0) is 9.53 Å². The van der Waals surface area contributed by atoms with Crippen molar-refractivity contribution in [2.75, 3.05) is 0 Å². The molecule has 20 heavy (non-hydrogen) atoms. The average molecular weight is 351 g/mol. The fraction of sp³-hybridized carbons (Fsp3) is 0.500. The predicted molar refractivity (Wildman–Crippen MR) is 70.0 cm³/mol. The van der Waals surface area contributed by atoms with Crippen molar-refractivity contribution >= 4 is 25.4 Å². The number of hydrogen-bond acceptors (Lipinski definition) is 2. The molecule has 1 saturated carbocycles. The third kappa shape index (κ3) is 4.25. The normalized spacial score (nSPS) is 23.4. The topological polar surface area (TPSA) is 26.3 Å². The van der Waals surface area contributed by atoms with E-state index in [0.29, 0.717) is 6.42 Å². The maximum absolute atomic E-state index is 12.3. The number of benzene rings is 1. The molecule has 1 aliphatic rings. The molecule has 0 spiro atoms. The van der Waals surface area contributed by atoms with Crippen molar-refractivity contribution < 1.29 is 22.7 Å². The number of esters is 1. The van der Waals surface area contributed by atoms with E-state index in [1.54, 1.807) is 0 Å². The molecule has 0 aliphatic heterocycles. The van der Waals surface area contributed by atoms with Gasteiger partial charge in [0.1, 0.15) is 0 Å². The van der Waals surface area contributed by atoms with Crippen molar-refractivity contribution in [3.8, 4) is 0 Å². The molecule has 0 aromatic heterocycles. The average Bonchev–Trinajstić information content (AvgIpc) is 2.41. The van der Waals surface area contributed by atoms with E-state index < -0.39 is 18.2 Å². The Bertz CT molecular complexity index is 447. The van der Waals surface area contributed by atoms with Gasteiger partial charge >= 0.3 is 121 Å². The number of hydrogen-bond donors (Lipinski definition) is 0. The summed E-state index contributed by atoms with van der Waals surface area (Å²) >= 11 is 0.0260. The first-order valence-electron chi connectivity index (χ1n) is 6.46. The quantitative estimate of drug-likeness (QED) is 0.618. The van der Waals surface area contributed by atoms with E-state index in [1.165, 1.54) is 0 Å². The second kappa shape index (κ2) is 6.63. The zero-order chi connectivity index (χ0) is 14.6. The van der Waals surface area contributed by atoms with E-state index in [0.717, 1.165) is 23.7 Å². The molecule has 6 heteroatoms. The summed E-state index contributed by atoms with van der Waals surface area (Å²) in [7, 11) is 0. The van der Waals surface area contributed by atoms with E-state index in [9.17, 15) is 18.0 Å². The van der Waals surface area contributed by atoms with Crippen LogP contribution in [0.5, 0.6) is 0 Å². The Morgan fingerprint density at radius 1 is 1.15 bits per heavy atom. The standard InChI is InChI=1S/C14H15F3O2Se/c15-14(16,17)13(18)19-11-8-4-5-9-12(11)20-10-6-2-1-3-7-10/h1-3,6-7,11-12H,4-5,8-9H2/t11-,12-/m0/s1. The van der Waals surface area contributed by atoms with Gasteiger partial charge in [-0.05, 0) is 0 Å². The van der Waals surface area contributed by atoms with Gasteiger partial charge in [0.05, 0.1) is 0 Å². The molecule has 0 radical (unpaired) electrons. The minimum absolute atomic E-state index is 0.0260. The summed E-state index contributed by atoms with van der Waals surface area (Å²) in [4.78, 5) is 11.0. The van der Waals surface area contributed by atoms with Crippen LogP contribution in [0.1, 0.15) is 25.7 Å². The van der Waals surface area contributed by atoms with Gasteiger partial charge in [-0.1, -0.05) is 0 Å². The predicted octanol–water partition coefficient (Wildman–Crippen LogP) is 2.85. The molecule has 2 atom stereocenters. The van der Waals surface area contributed by atoms with Crippen LogP contribution in [0, 0.1) is 0 Å². The van der Waals surface area contributed by atoms with Gasteiger partial charge in [0, 0.05) is 0 Å².